The van der Waals surface area contributed by atoms with Gasteiger partial charge in [0.15, 0.2) is 0 Å². The van der Waals surface area contributed by atoms with Gasteiger partial charge in [0.2, 0.25) is 0 Å². The summed E-state index contributed by atoms with van der Waals surface area (Å²) in [6.07, 6.45) is 3.45. The van der Waals surface area contributed by atoms with E-state index in [0.29, 0.717) is 0 Å². The lowest BCUT2D eigenvalue weighted by atomic mass is 9.98. The summed E-state index contributed by atoms with van der Waals surface area (Å²) in [4.78, 5) is 4.46. The van der Waals surface area contributed by atoms with Crippen molar-refractivity contribution in [1.29, 1.82) is 0 Å². The molecule has 0 amide bonds. The summed E-state index contributed by atoms with van der Waals surface area (Å²) in [5, 5.41) is 1.72. The van der Waals surface area contributed by atoms with Gasteiger partial charge in [-0.2, -0.15) is 0 Å². The molecule has 1 heterocycles. The molecule has 2 aromatic carbocycles. The second-order valence-corrected chi connectivity index (χ2v) is 5.67. The van der Waals surface area contributed by atoms with Crippen LogP contribution in [-0.2, 0) is 12.8 Å². The van der Waals surface area contributed by atoms with Crippen molar-refractivity contribution in [1.82, 2.24) is 4.98 Å². The molecule has 0 saturated heterocycles. The molecule has 1 unspecified atom stereocenters. The number of fused-ring (bicyclic) bond motifs is 1. The average Bonchev–Trinajstić information content (AvgIpc) is 2.51. The van der Waals surface area contributed by atoms with E-state index in [-0.39, 0.29) is 6.04 Å². The number of hydrogen-bond donors (Lipinski definition) is 1. The van der Waals surface area contributed by atoms with Crippen LogP contribution in [0.3, 0.4) is 0 Å². The van der Waals surface area contributed by atoms with Crippen LogP contribution in [-0.4, -0.2) is 11.0 Å². The summed E-state index contributed by atoms with van der Waals surface area (Å²) in [7, 11) is 0. The van der Waals surface area contributed by atoms with E-state index < -0.39 is 0 Å². The fraction of sp³-hybridized carbons (Fsp3) is 0.167. The number of aromatic nitrogens is 1. The number of benzene rings is 2. The van der Waals surface area contributed by atoms with Crippen molar-refractivity contribution in [3.05, 3.63) is 76.9 Å². The monoisotopic (exact) mass is 296 g/mol. The standard InChI is InChI=1S/C18H17ClN2/c19-17-9-8-14(18-16(17)7-4-10-21-18)12-15(20)11-13-5-2-1-3-6-13/h1-10,15H,11-12,20H2. The topological polar surface area (TPSA) is 38.9 Å². The summed E-state index contributed by atoms with van der Waals surface area (Å²) in [6, 6.07) is 18.3. The molecule has 0 aliphatic rings. The quantitative estimate of drug-likeness (QED) is 0.790. The Morgan fingerprint density at radius 3 is 2.57 bits per heavy atom. The van der Waals surface area contributed by atoms with E-state index in [1.807, 2.05) is 42.5 Å². The Labute approximate surface area is 129 Å². The zero-order valence-corrected chi connectivity index (χ0v) is 12.4. The highest BCUT2D eigenvalue weighted by Crippen LogP contribution is 2.25. The van der Waals surface area contributed by atoms with Crippen molar-refractivity contribution < 1.29 is 0 Å². The molecule has 0 aliphatic carbocycles. The molecule has 3 heteroatoms. The number of hydrogen-bond acceptors (Lipinski definition) is 2. The first-order valence-electron chi connectivity index (χ1n) is 7.05. The van der Waals surface area contributed by atoms with Gasteiger partial charge in [-0.3, -0.25) is 4.98 Å². The Morgan fingerprint density at radius 1 is 0.952 bits per heavy atom. The van der Waals surface area contributed by atoms with Gasteiger partial charge in [-0.15, -0.1) is 0 Å². The van der Waals surface area contributed by atoms with E-state index in [2.05, 4.69) is 17.1 Å². The predicted octanol–water partition coefficient (Wildman–Crippen LogP) is 4.00. The number of nitrogens with two attached hydrogens (primary N) is 1. The molecule has 0 radical (unpaired) electrons. The van der Waals surface area contributed by atoms with Crippen LogP contribution in [0, 0.1) is 0 Å². The first kappa shape index (κ1) is 14.1. The molecule has 0 spiro atoms. The summed E-state index contributed by atoms with van der Waals surface area (Å²) in [6.45, 7) is 0. The maximum absolute atomic E-state index is 6.31. The van der Waals surface area contributed by atoms with E-state index in [0.717, 1.165) is 34.3 Å². The number of pyridine rings is 1. The number of nitrogens with zero attached hydrogens (tertiary/aromatic N) is 1. The SMILES string of the molecule is NC(Cc1ccccc1)Cc1ccc(Cl)c2cccnc12. The fourth-order valence-electron chi connectivity index (χ4n) is 2.63. The highest BCUT2D eigenvalue weighted by Gasteiger charge is 2.10. The smallest absolute Gasteiger partial charge is 0.0749 e. The minimum absolute atomic E-state index is 0.0683. The van der Waals surface area contributed by atoms with E-state index >= 15 is 0 Å². The van der Waals surface area contributed by atoms with Gasteiger partial charge in [-0.1, -0.05) is 48.0 Å². The van der Waals surface area contributed by atoms with E-state index in [1.165, 1.54) is 5.56 Å². The molecule has 0 bridgehead atoms. The third-order valence-electron chi connectivity index (χ3n) is 3.62. The number of rotatable bonds is 4. The summed E-state index contributed by atoms with van der Waals surface area (Å²) in [5.74, 6) is 0. The van der Waals surface area contributed by atoms with Crippen molar-refractivity contribution in [2.75, 3.05) is 0 Å². The van der Waals surface area contributed by atoms with Gasteiger partial charge >= 0.3 is 0 Å². The molecule has 0 aliphatic heterocycles. The van der Waals surface area contributed by atoms with E-state index in [9.17, 15) is 0 Å². The molecule has 0 saturated carbocycles. The van der Waals surface area contributed by atoms with Crippen LogP contribution in [0.4, 0.5) is 0 Å². The van der Waals surface area contributed by atoms with Crippen LogP contribution in [0.15, 0.2) is 60.8 Å². The van der Waals surface area contributed by atoms with Gasteiger partial charge in [0.1, 0.15) is 0 Å². The Bertz CT molecular complexity index is 741. The Kier molecular flexibility index (Phi) is 4.18. The zero-order chi connectivity index (χ0) is 14.7. The van der Waals surface area contributed by atoms with Crippen LogP contribution >= 0.6 is 11.6 Å². The van der Waals surface area contributed by atoms with Crippen molar-refractivity contribution in [2.45, 2.75) is 18.9 Å². The van der Waals surface area contributed by atoms with Crippen molar-refractivity contribution >= 4 is 22.5 Å². The predicted molar refractivity (Wildman–Crippen MR) is 88.6 cm³/mol. The lowest BCUT2D eigenvalue weighted by molar-refractivity contribution is 0.667. The van der Waals surface area contributed by atoms with E-state index in [4.69, 9.17) is 17.3 Å². The van der Waals surface area contributed by atoms with E-state index in [1.54, 1.807) is 6.20 Å². The highest BCUT2D eigenvalue weighted by atomic mass is 35.5. The molecule has 3 rings (SSSR count). The Hall–Kier alpha value is -1.90. The van der Waals surface area contributed by atoms with Gasteiger partial charge in [-0.05, 0) is 42.2 Å². The maximum atomic E-state index is 6.31. The largest absolute Gasteiger partial charge is 0.327 e. The molecule has 106 valence electrons. The van der Waals surface area contributed by atoms with Gasteiger partial charge in [0.25, 0.3) is 0 Å². The van der Waals surface area contributed by atoms with Crippen LogP contribution in [0.2, 0.25) is 5.02 Å². The lowest BCUT2D eigenvalue weighted by Gasteiger charge is -2.13. The molecule has 2 nitrogen and oxygen atoms in total. The van der Waals surface area contributed by atoms with Gasteiger partial charge in [0, 0.05) is 22.6 Å². The third kappa shape index (κ3) is 3.23. The molecule has 1 atom stereocenters. The van der Waals surface area contributed by atoms with Crippen molar-refractivity contribution in [3.8, 4) is 0 Å². The Morgan fingerprint density at radius 2 is 1.76 bits per heavy atom. The third-order valence-corrected chi connectivity index (χ3v) is 3.95. The van der Waals surface area contributed by atoms with Gasteiger partial charge in [0.05, 0.1) is 5.52 Å². The van der Waals surface area contributed by atoms with Crippen LogP contribution < -0.4 is 5.73 Å². The molecular weight excluding hydrogens is 280 g/mol. The minimum Gasteiger partial charge on any atom is -0.327 e. The first-order chi connectivity index (χ1) is 10.2. The Balaban J connectivity index is 1.83. The zero-order valence-electron chi connectivity index (χ0n) is 11.7. The molecule has 1 aromatic heterocycles. The molecular formula is C18H17ClN2. The summed E-state index contributed by atoms with van der Waals surface area (Å²) in [5.41, 5.74) is 9.67. The molecule has 0 fully saturated rings. The van der Waals surface area contributed by atoms with Gasteiger partial charge < -0.3 is 5.73 Å². The second-order valence-electron chi connectivity index (χ2n) is 5.26. The molecule has 2 N–H and O–H groups in total. The summed E-state index contributed by atoms with van der Waals surface area (Å²) < 4.78 is 0. The maximum Gasteiger partial charge on any atom is 0.0749 e. The highest BCUT2D eigenvalue weighted by molar-refractivity contribution is 6.35. The lowest BCUT2D eigenvalue weighted by Crippen LogP contribution is -2.25. The van der Waals surface area contributed by atoms with Crippen LogP contribution in [0.5, 0.6) is 0 Å². The average molecular weight is 297 g/mol. The molecule has 21 heavy (non-hydrogen) atoms. The molecule has 3 aromatic rings. The normalized spacial score (nSPS) is 12.5. The summed E-state index contributed by atoms with van der Waals surface area (Å²) >= 11 is 6.22. The van der Waals surface area contributed by atoms with Crippen molar-refractivity contribution in [2.24, 2.45) is 5.73 Å². The van der Waals surface area contributed by atoms with Crippen LogP contribution in [0.25, 0.3) is 10.9 Å². The number of halogens is 1. The minimum atomic E-state index is 0.0683. The fourth-order valence-corrected chi connectivity index (χ4v) is 2.85. The van der Waals surface area contributed by atoms with Crippen molar-refractivity contribution in [3.63, 3.8) is 0 Å². The van der Waals surface area contributed by atoms with Crippen LogP contribution in [0.1, 0.15) is 11.1 Å². The first-order valence-corrected chi connectivity index (χ1v) is 7.43. The second kappa shape index (κ2) is 6.25. The van der Waals surface area contributed by atoms with Gasteiger partial charge in [-0.25, -0.2) is 0 Å².